The molecule has 12 nitrogen and oxygen atoms in total. The molecule has 12 heteroatoms. The summed E-state index contributed by atoms with van der Waals surface area (Å²) in [6.45, 7) is 10.4. The van der Waals surface area contributed by atoms with Gasteiger partial charge in [-0.05, 0) is 56.8 Å². The van der Waals surface area contributed by atoms with E-state index in [9.17, 15) is 24.4 Å². The van der Waals surface area contributed by atoms with Crippen LogP contribution in [0.1, 0.15) is 79.6 Å². The topological polar surface area (TPSA) is 142 Å². The first kappa shape index (κ1) is 37.7. The van der Waals surface area contributed by atoms with Crippen LogP contribution >= 0.6 is 0 Å². The molecule has 1 N–H and O–H groups in total. The van der Waals surface area contributed by atoms with Gasteiger partial charge in [-0.25, -0.2) is 0 Å². The summed E-state index contributed by atoms with van der Waals surface area (Å²) < 4.78 is 16.6. The molecule has 46 heavy (non-hydrogen) atoms. The molecule has 1 saturated carbocycles. The van der Waals surface area contributed by atoms with Gasteiger partial charge in [0.15, 0.2) is 0 Å². The first-order valence-corrected chi connectivity index (χ1v) is 17.0. The summed E-state index contributed by atoms with van der Waals surface area (Å²) in [6.07, 6.45) is 4.04. The second-order valence-corrected chi connectivity index (χ2v) is 13.8. The molecule has 0 aromatic heterocycles. The number of carbonyl (C=O) groups excluding carboxylic acids is 4. The predicted molar refractivity (Wildman–Crippen MR) is 172 cm³/mol. The van der Waals surface area contributed by atoms with Gasteiger partial charge >= 0.3 is 5.97 Å². The van der Waals surface area contributed by atoms with E-state index in [0.29, 0.717) is 13.0 Å². The van der Waals surface area contributed by atoms with Crippen molar-refractivity contribution >= 4 is 23.7 Å². The van der Waals surface area contributed by atoms with Crippen molar-refractivity contribution in [3.8, 4) is 6.07 Å². The molecule has 3 amide bonds. The molecule has 3 aliphatic rings. The zero-order chi connectivity index (χ0) is 34.3. The third-order valence-corrected chi connectivity index (χ3v) is 10.9. The number of carbonyl (C=O) groups is 4. The van der Waals surface area contributed by atoms with Crippen LogP contribution in [0.4, 0.5) is 0 Å². The van der Waals surface area contributed by atoms with Gasteiger partial charge in [-0.15, -0.1) is 0 Å². The fourth-order valence-electron chi connectivity index (χ4n) is 8.20. The lowest BCUT2D eigenvalue weighted by molar-refractivity contribution is -0.154. The second kappa shape index (κ2) is 16.9. The molecule has 260 valence electrons. The van der Waals surface area contributed by atoms with Crippen molar-refractivity contribution in [2.75, 3.05) is 41.5 Å². The zero-order valence-electron chi connectivity index (χ0n) is 29.4. The van der Waals surface area contributed by atoms with E-state index in [1.807, 2.05) is 32.6 Å². The Morgan fingerprint density at radius 2 is 1.74 bits per heavy atom. The van der Waals surface area contributed by atoms with Crippen LogP contribution in [0, 0.1) is 35.0 Å². The largest absolute Gasteiger partial charge is 0.469 e. The fourth-order valence-corrected chi connectivity index (χ4v) is 8.20. The molecule has 2 heterocycles. The van der Waals surface area contributed by atoms with Gasteiger partial charge in [0.2, 0.25) is 17.7 Å². The Kier molecular flexibility index (Phi) is 13.8. The summed E-state index contributed by atoms with van der Waals surface area (Å²) in [6, 6.07) is 0.557. The maximum Gasteiger partial charge on any atom is 0.311 e. The Labute approximate surface area is 275 Å². The summed E-state index contributed by atoms with van der Waals surface area (Å²) in [5.74, 6) is -1.48. The average Bonchev–Trinajstić information content (AvgIpc) is 3.80. The van der Waals surface area contributed by atoms with Gasteiger partial charge in [0, 0.05) is 33.9 Å². The van der Waals surface area contributed by atoms with Crippen LogP contribution in [-0.4, -0.2) is 122 Å². The van der Waals surface area contributed by atoms with Gasteiger partial charge in [-0.2, -0.15) is 5.26 Å². The summed E-state index contributed by atoms with van der Waals surface area (Å²) in [5.41, 5.74) is 0. The van der Waals surface area contributed by atoms with Gasteiger partial charge < -0.3 is 29.3 Å². The van der Waals surface area contributed by atoms with Crippen molar-refractivity contribution in [2.24, 2.45) is 23.7 Å². The summed E-state index contributed by atoms with van der Waals surface area (Å²) in [5, 5.41) is 12.5. The number of hydrogen-bond donors (Lipinski definition) is 1. The molecule has 0 unspecified atom stereocenters. The van der Waals surface area contributed by atoms with Crippen LogP contribution in [0.3, 0.4) is 0 Å². The highest BCUT2D eigenvalue weighted by Crippen LogP contribution is 2.42. The van der Waals surface area contributed by atoms with Crippen molar-refractivity contribution in [1.29, 1.82) is 5.26 Å². The Morgan fingerprint density at radius 3 is 2.30 bits per heavy atom. The molecule has 10 atom stereocenters. The molecule has 0 aromatic carbocycles. The molecule has 1 aliphatic carbocycles. The summed E-state index contributed by atoms with van der Waals surface area (Å²) in [4.78, 5) is 59.5. The number of ether oxygens (including phenoxy) is 3. The quantitative estimate of drug-likeness (QED) is 0.198. The maximum atomic E-state index is 14.2. The molecule has 2 aliphatic heterocycles. The van der Waals surface area contributed by atoms with Gasteiger partial charge in [-0.1, -0.05) is 34.1 Å². The van der Waals surface area contributed by atoms with Crippen LogP contribution in [0.25, 0.3) is 0 Å². The van der Waals surface area contributed by atoms with Gasteiger partial charge in [0.05, 0.1) is 62.4 Å². The Hall–Kier alpha value is -2.75. The Balaban J connectivity index is 1.79. The zero-order valence-corrected chi connectivity index (χ0v) is 29.4. The van der Waals surface area contributed by atoms with Crippen molar-refractivity contribution in [3.63, 3.8) is 0 Å². The van der Waals surface area contributed by atoms with Crippen molar-refractivity contribution in [2.45, 2.75) is 122 Å². The number of fused-ring (bicyclic) bond motifs is 2. The predicted octanol–water partition coefficient (Wildman–Crippen LogP) is 2.60. The minimum Gasteiger partial charge on any atom is -0.469 e. The lowest BCUT2D eigenvalue weighted by Gasteiger charge is -2.41. The molecular weight excluding hydrogens is 590 g/mol. The van der Waals surface area contributed by atoms with E-state index in [1.54, 1.807) is 38.0 Å². The molecular formula is C34H57N5O7. The maximum absolute atomic E-state index is 14.2. The molecule has 2 bridgehead atoms. The number of likely N-dealkylation sites (tertiary alicyclic amines) is 2. The van der Waals surface area contributed by atoms with Gasteiger partial charge in [0.1, 0.15) is 6.04 Å². The lowest BCUT2D eigenvalue weighted by atomic mass is 9.89. The smallest absolute Gasteiger partial charge is 0.311 e. The average molecular weight is 648 g/mol. The van der Waals surface area contributed by atoms with E-state index in [4.69, 9.17) is 14.2 Å². The highest BCUT2D eigenvalue weighted by molar-refractivity contribution is 5.90. The van der Waals surface area contributed by atoms with Gasteiger partial charge in [-0.3, -0.25) is 24.1 Å². The van der Waals surface area contributed by atoms with Crippen molar-refractivity contribution in [1.82, 2.24) is 20.0 Å². The number of hydrogen-bond acceptors (Lipinski definition) is 9. The second-order valence-electron chi connectivity index (χ2n) is 13.8. The van der Waals surface area contributed by atoms with Gasteiger partial charge in [0.25, 0.3) is 0 Å². The van der Waals surface area contributed by atoms with Crippen LogP contribution in [0.2, 0.25) is 0 Å². The van der Waals surface area contributed by atoms with E-state index in [1.165, 1.54) is 7.11 Å². The monoisotopic (exact) mass is 647 g/mol. The first-order valence-electron chi connectivity index (χ1n) is 17.0. The summed E-state index contributed by atoms with van der Waals surface area (Å²) >= 11 is 0. The molecule has 0 aromatic rings. The van der Waals surface area contributed by atoms with Crippen LogP contribution in [0.15, 0.2) is 0 Å². The van der Waals surface area contributed by atoms with Crippen LogP contribution < -0.4 is 5.32 Å². The van der Waals surface area contributed by atoms with Crippen LogP contribution in [-0.2, 0) is 33.4 Å². The highest BCUT2D eigenvalue weighted by atomic mass is 16.5. The number of methoxy groups -OCH3 is 3. The number of nitrogens with zero attached hydrogens (tertiary/aromatic N) is 4. The highest BCUT2D eigenvalue weighted by Gasteiger charge is 2.50. The van der Waals surface area contributed by atoms with E-state index < -0.39 is 36.3 Å². The minimum atomic E-state index is -0.773. The minimum absolute atomic E-state index is 0.00709. The molecule has 3 fully saturated rings. The molecule has 0 radical (unpaired) electrons. The van der Waals surface area contributed by atoms with Crippen LogP contribution in [0.5, 0.6) is 0 Å². The molecule has 0 spiro atoms. The molecule has 3 rings (SSSR count). The number of rotatable bonds is 16. The van der Waals surface area contributed by atoms with E-state index >= 15 is 0 Å². The SMILES string of the molecule is CC[C@H](C)[C@@H]([C@@H](CC(=O)N1CCC[C@H]1[C@H](OC)[C@@H](C)C(=O)OC)OC)N(C)C(=O)[C@@H](NC(=O)[C@@H]1[C@H]2CC[C@H](C2)N1CC#N)C(C)C. The fraction of sp³-hybridized carbons (Fsp3) is 0.853. The number of esters is 1. The van der Waals surface area contributed by atoms with E-state index in [0.717, 1.165) is 32.1 Å². The number of nitriles is 1. The number of amides is 3. The third-order valence-electron chi connectivity index (χ3n) is 10.9. The van der Waals surface area contributed by atoms with Crippen molar-refractivity contribution < 1.29 is 33.4 Å². The Morgan fingerprint density at radius 1 is 1.04 bits per heavy atom. The number of likely N-dealkylation sites (N-methyl/N-ethyl adjacent to an activating group) is 1. The van der Waals surface area contributed by atoms with E-state index in [-0.39, 0.29) is 66.5 Å². The normalized spacial score (nSPS) is 26.6. The van der Waals surface area contributed by atoms with Crippen molar-refractivity contribution in [3.05, 3.63) is 0 Å². The van der Waals surface area contributed by atoms with E-state index in [2.05, 4.69) is 11.4 Å². The molecule has 2 saturated heterocycles. The Bertz CT molecular complexity index is 1110. The standard InChI is InChI=1S/C34H57N5O7/c1-10-21(4)29(26(44-7)19-27(40)39-16-11-12-25(39)31(45-8)22(5)34(43)46-9)37(6)33(42)28(20(2)3)36-32(41)30-23-13-14-24(18-23)38(30)17-15-35/h20-26,28-31H,10-14,16-19H2,1-9H3,(H,36,41)/t21-,22+,23-,24+,25-,26+,28-,29-,30-,31+/m0/s1. The lowest BCUT2D eigenvalue weighted by Crippen LogP contribution is -2.60. The number of nitrogens with one attached hydrogen (secondary N) is 1. The summed E-state index contributed by atoms with van der Waals surface area (Å²) in [7, 11) is 6.18. The third kappa shape index (κ3) is 8.03. The first-order chi connectivity index (χ1) is 21.9. The number of piperidine rings is 1.